The maximum absolute atomic E-state index is 12.8. The van der Waals surface area contributed by atoms with Crippen molar-refractivity contribution in [3.63, 3.8) is 0 Å². The van der Waals surface area contributed by atoms with E-state index in [4.69, 9.17) is 11.6 Å². The van der Waals surface area contributed by atoms with Crippen LogP contribution in [-0.4, -0.2) is 47.9 Å². The first-order valence-corrected chi connectivity index (χ1v) is 7.86. The van der Waals surface area contributed by atoms with Gasteiger partial charge in [-0.1, -0.05) is 17.7 Å². The summed E-state index contributed by atoms with van der Waals surface area (Å²) in [5.74, 6) is 1.61. The lowest BCUT2D eigenvalue weighted by atomic mass is 9.84. The average molecular weight is 291 g/mol. The maximum Gasteiger partial charge on any atom is 0.254 e. The molecule has 0 spiro atoms. The standard InChI is InChI=1S/C16H19ClN2O/c17-14-3-1-2-13(6-14)16(20)19-9-12-4-11-5-15(19)10-18(7-11)8-12/h1-3,6,11-12,15H,4-5,7-10H2. The second-order valence-corrected chi connectivity index (χ2v) is 6.98. The van der Waals surface area contributed by atoms with Crippen molar-refractivity contribution in [1.29, 1.82) is 0 Å². The third-order valence-corrected chi connectivity index (χ3v) is 5.24. The lowest BCUT2D eigenvalue weighted by molar-refractivity contribution is 0.0573. The average Bonchev–Trinajstić information content (AvgIpc) is 2.62. The van der Waals surface area contributed by atoms with Gasteiger partial charge in [0.05, 0.1) is 0 Å². The molecule has 0 aliphatic carbocycles. The number of amides is 1. The number of benzene rings is 1. The van der Waals surface area contributed by atoms with E-state index in [0.29, 0.717) is 17.0 Å². The summed E-state index contributed by atoms with van der Waals surface area (Å²) in [4.78, 5) is 17.5. The summed E-state index contributed by atoms with van der Waals surface area (Å²) in [6.45, 7) is 4.39. The summed E-state index contributed by atoms with van der Waals surface area (Å²) >= 11 is 6.02. The van der Waals surface area contributed by atoms with E-state index in [2.05, 4.69) is 9.80 Å². The lowest BCUT2D eigenvalue weighted by Crippen LogP contribution is -2.50. The molecule has 4 fully saturated rings. The molecule has 4 bridgehead atoms. The van der Waals surface area contributed by atoms with Gasteiger partial charge in [0.25, 0.3) is 5.91 Å². The third-order valence-electron chi connectivity index (χ3n) is 5.00. The molecular weight excluding hydrogens is 272 g/mol. The van der Waals surface area contributed by atoms with Crippen molar-refractivity contribution in [3.8, 4) is 0 Å². The van der Waals surface area contributed by atoms with E-state index in [1.165, 1.54) is 25.9 Å². The molecule has 4 heterocycles. The molecule has 106 valence electrons. The number of halogens is 1. The SMILES string of the molecule is O=C(c1cccc(Cl)c1)N1CC2CC3CC1CN(C3)C2. The molecule has 4 aliphatic heterocycles. The Balaban J connectivity index is 1.63. The highest BCUT2D eigenvalue weighted by atomic mass is 35.5. The van der Waals surface area contributed by atoms with Gasteiger partial charge in [-0.25, -0.2) is 0 Å². The van der Waals surface area contributed by atoms with Crippen molar-refractivity contribution in [2.45, 2.75) is 18.9 Å². The molecule has 4 unspecified atom stereocenters. The van der Waals surface area contributed by atoms with Crippen LogP contribution in [0.5, 0.6) is 0 Å². The number of hydrogen-bond acceptors (Lipinski definition) is 2. The number of carbonyl (C=O) groups is 1. The number of nitrogens with zero attached hydrogens (tertiary/aromatic N) is 2. The molecule has 5 rings (SSSR count). The molecule has 0 radical (unpaired) electrons. The predicted octanol–water partition coefficient (Wildman–Crippen LogP) is 2.51. The van der Waals surface area contributed by atoms with Crippen molar-refractivity contribution >= 4 is 17.5 Å². The van der Waals surface area contributed by atoms with Gasteiger partial charge in [-0.3, -0.25) is 4.79 Å². The van der Waals surface area contributed by atoms with Gasteiger partial charge in [0.2, 0.25) is 0 Å². The fraction of sp³-hybridized carbons (Fsp3) is 0.562. The zero-order valence-corrected chi connectivity index (χ0v) is 12.2. The van der Waals surface area contributed by atoms with Crippen molar-refractivity contribution in [2.75, 3.05) is 26.2 Å². The monoisotopic (exact) mass is 290 g/mol. The Morgan fingerprint density at radius 2 is 1.95 bits per heavy atom. The molecule has 0 aromatic heterocycles. The topological polar surface area (TPSA) is 23.6 Å². The summed E-state index contributed by atoms with van der Waals surface area (Å²) in [6.07, 6.45) is 2.48. The van der Waals surface area contributed by atoms with Gasteiger partial charge in [0, 0.05) is 42.8 Å². The lowest BCUT2D eigenvalue weighted by Gasteiger charge is -2.41. The summed E-state index contributed by atoms with van der Waals surface area (Å²) in [6, 6.07) is 7.75. The van der Waals surface area contributed by atoms with Gasteiger partial charge in [0.1, 0.15) is 0 Å². The van der Waals surface area contributed by atoms with Crippen LogP contribution in [0.25, 0.3) is 0 Å². The van der Waals surface area contributed by atoms with Crippen LogP contribution in [-0.2, 0) is 0 Å². The number of rotatable bonds is 1. The van der Waals surface area contributed by atoms with Crippen LogP contribution < -0.4 is 0 Å². The normalized spacial score (nSPS) is 35.1. The highest BCUT2D eigenvalue weighted by Crippen LogP contribution is 2.37. The van der Waals surface area contributed by atoms with Crippen LogP contribution in [0.3, 0.4) is 0 Å². The minimum atomic E-state index is 0.159. The summed E-state index contributed by atoms with van der Waals surface area (Å²) in [7, 11) is 0. The molecule has 20 heavy (non-hydrogen) atoms. The Kier molecular flexibility index (Phi) is 3.00. The summed E-state index contributed by atoms with van der Waals surface area (Å²) in [5.41, 5.74) is 0.730. The number of hydrogen-bond donors (Lipinski definition) is 0. The largest absolute Gasteiger partial charge is 0.334 e. The van der Waals surface area contributed by atoms with E-state index >= 15 is 0 Å². The predicted molar refractivity (Wildman–Crippen MR) is 78.9 cm³/mol. The summed E-state index contributed by atoms with van der Waals surface area (Å²) < 4.78 is 0. The van der Waals surface area contributed by atoms with Crippen LogP contribution in [0, 0.1) is 11.8 Å². The van der Waals surface area contributed by atoms with E-state index in [9.17, 15) is 4.79 Å². The fourth-order valence-electron chi connectivity index (χ4n) is 4.32. The van der Waals surface area contributed by atoms with E-state index in [-0.39, 0.29) is 5.91 Å². The van der Waals surface area contributed by atoms with Crippen LogP contribution in [0.15, 0.2) is 24.3 Å². The van der Waals surface area contributed by atoms with Gasteiger partial charge in [0.15, 0.2) is 0 Å². The molecule has 1 aromatic carbocycles. The second-order valence-electron chi connectivity index (χ2n) is 6.54. The van der Waals surface area contributed by atoms with Crippen molar-refractivity contribution in [3.05, 3.63) is 34.9 Å². The number of carbonyl (C=O) groups excluding carboxylic acids is 1. The Bertz CT molecular complexity index is 533. The molecule has 4 saturated heterocycles. The van der Waals surface area contributed by atoms with Crippen LogP contribution in [0.4, 0.5) is 0 Å². The Morgan fingerprint density at radius 3 is 2.75 bits per heavy atom. The molecule has 3 nitrogen and oxygen atoms in total. The maximum atomic E-state index is 12.8. The molecule has 1 amide bonds. The van der Waals surface area contributed by atoms with Crippen molar-refractivity contribution < 1.29 is 4.79 Å². The molecule has 4 aliphatic rings. The molecule has 0 saturated carbocycles. The van der Waals surface area contributed by atoms with Gasteiger partial charge < -0.3 is 9.80 Å². The zero-order valence-electron chi connectivity index (χ0n) is 11.5. The van der Waals surface area contributed by atoms with E-state index in [1.54, 1.807) is 6.07 Å². The molecular formula is C16H19ClN2O. The van der Waals surface area contributed by atoms with E-state index < -0.39 is 0 Å². The first-order valence-electron chi connectivity index (χ1n) is 7.48. The van der Waals surface area contributed by atoms with Crippen LogP contribution >= 0.6 is 11.6 Å². The van der Waals surface area contributed by atoms with Gasteiger partial charge >= 0.3 is 0 Å². The Hall–Kier alpha value is -1.06. The van der Waals surface area contributed by atoms with Crippen molar-refractivity contribution in [2.24, 2.45) is 11.8 Å². The van der Waals surface area contributed by atoms with Gasteiger partial charge in [-0.2, -0.15) is 0 Å². The first-order chi connectivity index (χ1) is 9.69. The number of piperidine rings is 2. The first kappa shape index (κ1) is 12.7. The van der Waals surface area contributed by atoms with Gasteiger partial charge in [-0.15, -0.1) is 0 Å². The molecule has 1 aromatic rings. The fourth-order valence-corrected chi connectivity index (χ4v) is 4.51. The quantitative estimate of drug-likeness (QED) is 0.793. The zero-order chi connectivity index (χ0) is 13.7. The Morgan fingerprint density at radius 1 is 1.10 bits per heavy atom. The highest BCUT2D eigenvalue weighted by molar-refractivity contribution is 6.30. The third kappa shape index (κ3) is 2.13. The van der Waals surface area contributed by atoms with E-state index in [1.807, 2.05) is 18.2 Å². The van der Waals surface area contributed by atoms with Crippen LogP contribution in [0.2, 0.25) is 5.02 Å². The van der Waals surface area contributed by atoms with E-state index in [0.717, 1.165) is 24.6 Å². The highest BCUT2D eigenvalue weighted by Gasteiger charge is 2.43. The van der Waals surface area contributed by atoms with Crippen molar-refractivity contribution in [1.82, 2.24) is 9.80 Å². The smallest absolute Gasteiger partial charge is 0.254 e. The Labute approximate surface area is 124 Å². The molecule has 4 heteroatoms. The number of fused-ring (bicyclic) bond motifs is 1. The minimum Gasteiger partial charge on any atom is -0.334 e. The summed E-state index contributed by atoms with van der Waals surface area (Å²) in [5, 5.41) is 0.639. The molecule has 0 N–H and O–H groups in total. The second kappa shape index (κ2) is 4.74. The van der Waals surface area contributed by atoms with Gasteiger partial charge in [-0.05, 0) is 42.9 Å². The van der Waals surface area contributed by atoms with Crippen LogP contribution in [0.1, 0.15) is 23.2 Å². The minimum absolute atomic E-state index is 0.159. The molecule has 4 atom stereocenters.